The minimum Gasteiger partial charge on any atom is -0.266 e. The summed E-state index contributed by atoms with van der Waals surface area (Å²) in [6, 6.07) is 16.3. The lowest BCUT2D eigenvalue weighted by Gasteiger charge is -2.06. The summed E-state index contributed by atoms with van der Waals surface area (Å²) in [6.07, 6.45) is 5.53. The van der Waals surface area contributed by atoms with E-state index in [0.717, 1.165) is 24.0 Å². The van der Waals surface area contributed by atoms with Crippen LogP contribution < -0.4 is 0 Å². The number of aryl methyl sites for hydroxylation is 2. The second kappa shape index (κ2) is 8.43. The van der Waals surface area contributed by atoms with E-state index in [2.05, 4.69) is 43.2 Å². The Labute approximate surface area is 163 Å². The molecule has 0 unspecified atom stereocenters. The van der Waals surface area contributed by atoms with Crippen LogP contribution in [0.2, 0.25) is 0 Å². The summed E-state index contributed by atoms with van der Waals surface area (Å²) in [4.78, 5) is 13.2. The highest BCUT2D eigenvalue weighted by atomic mass is 32.2. The van der Waals surface area contributed by atoms with Gasteiger partial charge in [0.05, 0.1) is 11.1 Å². The molecule has 0 aliphatic carbocycles. The fourth-order valence-electron chi connectivity index (χ4n) is 2.52. The molecular weight excluding hydrogens is 360 g/mol. The Morgan fingerprint density at radius 3 is 2.04 bits per heavy atom. The molecule has 0 radical (unpaired) electrons. The summed E-state index contributed by atoms with van der Waals surface area (Å²) in [5.74, 6) is -0.180. The molecule has 2 aromatic rings. The molecule has 1 aliphatic rings. The van der Waals surface area contributed by atoms with E-state index in [1.807, 2.05) is 30.3 Å². The minimum absolute atomic E-state index is 0.180. The van der Waals surface area contributed by atoms with Crippen LogP contribution in [-0.4, -0.2) is 21.5 Å². The molecule has 1 saturated heterocycles. The van der Waals surface area contributed by atoms with Crippen molar-refractivity contribution in [1.82, 2.24) is 5.01 Å². The number of benzene rings is 2. The van der Waals surface area contributed by atoms with Crippen molar-refractivity contribution < 1.29 is 4.79 Å². The average molecular weight is 381 g/mol. The summed E-state index contributed by atoms with van der Waals surface area (Å²) >= 11 is 6.60. The third-order valence-electron chi connectivity index (χ3n) is 4.17. The number of thioether (sulfide) groups is 1. The number of hydrogen-bond acceptors (Lipinski definition) is 4. The van der Waals surface area contributed by atoms with Gasteiger partial charge in [0, 0.05) is 0 Å². The lowest BCUT2D eigenvalue weighted by atomic mass is 10.1. The van der Waals surface area contributed by atoms with Gasteiger partial charge in [0.15, 0.2) is 4.32 Å². The smallest absolute Gasteiger partial charge is 0.266 e. The van der Waals surface area contributed by atoms with Gasteiger partial charge in [-0.15, -0.1) is 0 Å². The van der Waals surface area contributed by atoms with E-state index in [0.29, 0.717) is 9.23 Å². The fourth-order valence-corrected chi connectivity index (χ4v) is 3.70. The Morgan fingerprint density at radius 2 is 1.50 bits per heavy atom. The second-order valence-electron chi connectivity index (χ2n) is 5.93. The highest BCUT2D eigenvalue weighted by Crippen LogP contribution is 2.32. The number of hydrazone groups is 1. The Bertz CT molecular complexity index is 868. The first-order chi connectivity index (χ1) is 12.6. The first-order valence-electron chi connectivity index (χ1n) is 8.60. The van der Waals surface area contributed by atoms with Crippen molar-refractivity contribution in [2.45, 2.75) is 26.7 Å². The van der Waals surface area contributed by atoms with Crippen LogP contribution in [0.3, 0.4) is 0 Å². The van der Waals surface area contributed by atoms with E-state index in [9.17, 15) is 4.79 Å². The SMILES string of the molecule is CCc1ccc(C=NN2C(=O)C(=Cc3ccc(CC)cc3)SC2=S)cc1. The van der Waals surface area contributed by atoms with Crippen LogP contribution in [0.15, 0.2) is 58.5 Å². The van der Waals surface area contributed by atoms with Crippen LogP contribution in [0.5, 0.6) is 0 Å². The monoisotopic (exact) mass is 380 g/mol. The van der Waals surface area contributed by atoms with Gasteiger partial charge in [0.1, 0.15) is 0 Å². The van der Waals surface area contributed by atoms with Gasteiger partial charge < -0.3 is 0 Å². The highest BCUT2D eigenvalue weighted by molar-refractivity contribution is 8.26. The average Bonchev–Trinajstić information content (AvgIpc) is 2.94. The summed E-state index contributed by atoms with van der Waals surface area (Å²) in [5, 5.41) is 5.58. The summed E-state index contributed by atoms with van der Waals surface area (Å²) < 4.78 is 0.452. The molecule has 0 saturated carbocycles. The molecule has 132 valence electrons. The van der Waals surface area contributed by atoms with Crippen molar-refractivity contribution in [3.8, 4) is 0 Å². The van der Waals surface area contributed by atoms with E-state index < -0.39 is 0 Å². The zero-order chi connectivity index (χ0) is 18.5. The standard InChI is InChI=1S/C21H20N2OS2/c1-3-15-5-9-17(10-6-15)13-19-20(24)23(21(25)26-19)22-14-18-11-7-16(4-2)8-12-18/h5-14H,3-4H2,1-2H3. The Hall–Kier alpha value is -2.24. The van der Waals surface area contributed by atoms with Crippen molar-refractivity contribution in [3.05, 3.63) is 75.7 Å². The maximum Gasteiger partial charge on any atom is 0.286 e. The molecule has 1 amide bonds. The Balaban J connectivity index is 1.75. The van der Waals surface area contributed by atoms with E-state index in [1.165, 1.54) is 27.9 Å². The molecule has 3 rings (SSSR count). The molecule has 2 aromatic carbocycles. The number of nitrogens with zero attached hydrogens (tertiary/aromatic N) is 2. The first kappa shape index (κ1) is 18.5. The molecule has 3 nitrogen and oxygen atoms in total. The molecule has 1 heterocycles. The number of carbonyl (C=O) groups excluding carboxylic acids is 1. The van der Waals surface area contributed by atoms with E-state index in [4.69, 9.17) is 12.2 Å². The molecular formula is C21H20N2OS2. The largest absolute Gasteiger partial charge is 0.286 e. The molecule has 0 atom stereocenters. The molecule has 5 heteroatoms. The van der Waals surface area contributed by atoms with Crippen LogP contribution >= 0.6 is 24.0 Å². The van der Waals surface area contributed by atoms with E-state index in [-0.39, 0.29) is 5.91 Å². The topological polar surface area (TPSA) is 32.7 Å². The van der Waals surface area contributed by atoms with Gasteiger partial charge in [-0.05, 0) is 53.4 Å². The lowest BCUT2D eigenvalue weighted by molar-refractivity contribution is -0.122. The first-order valence-corrected chi connectivity index (χ1v) is 9.83. The number of thiocarbonyl (C=S) groups is 1. The fraction of sp³-hybridized carbons (Fsp3) is 0.190. The lowest BCUT2D eigenvalue weighted by Crippen LogP contribution is -2.22. The summed E-state index contributed by atoms with van der Waals surface area (Å²) in [7, 11) is 0. The van der Waals surface area contributed by atoms with Gasteiger partial charge in [0.2, 0.25) is 0 Å². The second-order valence-corrected chi connectivity index (χ2v) is 7.60. The van der Waals surface area contributed by atoms with Crippen molar-refractivity contribution in [2.24, 2.45) is 5.10 Å². The normalized spacial score (nSPS) is 16.2. The maximum atomic E-state index is 12.6. The molecule has 0 aromatic heterocycles. The minimum atomic E-state index is -0.180. The predicted molar refractivity (Wildman–Crippen MR) is 114 cm³/mol. The Morgan fingerprint density at radius 1 is 0.962 bits per heavy atom. The van der Waals surface area contributed by atoms with Crippen LogP contribution in [0, 0.1) is 0 Å². The zero-order valence-electron chi connectivity index (χ0n) is 14.8. The third-order valence-corrected chi connectivity index (χ3v) is 5.45. The third kappa shape index (κ3) is 4.29. The molecule has 0 bridgehead atoms. The maximum absolute atomic E-state index is 12.6. The van der Waals surface area contributed by atoms with Crippen molar-refractivity contribution in [1.29, 1.82) is 0 Å². The van der Waals surface area contributed by atoms with E-state index in [1.54, 1.807) is 6.21 Å². The zero-order valence-corrected chi connectivity index (χ0v) is 16.4. The quantitative estimate of drug-likeness (QED) is 0.413. The molecule has 26 heavy (non-hydrogen) atoms. The molecule has 1 fully saturated rings. The number of carbonyl (C=O) groups is 1. The van der Waals surface area contributed by atoms with Crippen molar-refractivity contribution in [3.63, 3.8) is 0 Å². The van der Waals surface area contributed by atoms with Crippen molar-refractivity contribution in [2.75, 3.05) is 0 Å². The van der Waals surface area contributed by atoms with Gasteiger partial charge in [-0.3, -0.25) is 4.79 Å². The van der Waals surface area contributed by atoms with Gasteiger partial charge in [-0.1, -0.05) is 74.1 Å². The highest BCUT2D eigenvalue weighted by Gasteiger charge is 2.31. The van der Waals surface area contributed by atoms with Crippen LogP contribution in [0.1, 0.15) is 36.1 Å². The Kier molecular flexibility index (Phi) is 6.01. The number of hydrogen-bond donors (Lipinski definition) is 0. The van der Waals surface area contributed by atoms with Crippen LogP contribution in [0.4, 0.5) is 0 Å². The van der Waals surface area contributed by atoms with Gasteiger partial charge in [-0.25, -0.2) is 0 Å². The summed E-state index contributed by atoms with van der Waals surface area (Å²) in [5.41, 5.74) is 4.47. The summed E-state index contributed by atoms with van der Waals surface area (Å²) in [6.45, 7) is 4.24. The van der Waals surface area contributed by atoms with Crippen LogP contribution in [0.25, 0.3) is 6.08 Å². The predicted octanol–water partition coefficient (Wildman–Crippen LogP) is 5.05. The van der Waals surface area contributed by atoms with Crippen molar-refractivity contribution >= 4 is 46.5 Å². The van der Waals surface area contributed by atoms with Gasteiger partial charge in [-0.2, -0.15) is 10.1 Å². The van der Waals surface area contributed by atoms with E-state index >= 15 is 0 Å². The van der Waals surface area contributed by atoms with Gasteiger partial charge >= 0.3 is 0 Å². The molecule has 0 N–H and O–H groups in total. The number of rotatable bonds is 5. The molecule has 0 spiro atoms. The number of amides is 1. The molecule has 1 aliphatic heterocycles. The van der Waals surface area contributed by atoms with Crippen LogP contribution in [-0.2, 0) is 17.6 Å². The van der Waals surface area contributed by atoms with Gasteiger partial charge in [0.25, 0.3) is 5.91 Å².